The lowest BCUT2D eigenvalue weighted by molar-refractivity contribution is 0.581. The zero-order valence-corrected chi connectivity index (χ0v) is 15.1. The number of nitrogens with one attached hydrogen (secondary N) is 1. The number of hydrogen-bond donors (Lipinski definition) is 1. The summed E-state index contributed by atoms with van der Waals surface area (Å²) in [5, 5.41) is 4.01. The summed E-state index contributed by atoms with van der Waals surface area (Å²) in [6.45, 7) is 4.10. The molecule has 2 heterocycles. The van der Waals surface area contributed by atoms with Crippen LogP contribution in [0.2, 0.25) is 0 Å². The van der Waals surface area contributed by atoms with E-state index in [1.807, 2.05) is 48.9 Å². The van der Waals surface area contributed by atoms with Crippen LogP contribution in [-0.4, -0.2) is 13.4 Å². The van der Waals surface area contributed by atoms with Gasteiger partial charge in [-0.15, -0.1) is 0 Å². The van der Waals surface area contributed by atoms with Crippen LogP contribution in [0.3, 0.4) is 0 Å². The van der Waals surface area contributed by atoms with E-state index in [0.717, 1.165) is 27.9 Å². The Morgan fingerprint density at radius 2 is 1.92 bits per heavy atom. The van der Waals surface area contributed by atoms with Gasteiger partial charge in [-0.25, -0.2) is 13.1 Å². The van der Waals surface area contributed by atoms with Gasteiger partial charge in [-0.05, 0) is 66.2 Å². The molecule has 0 spiro atoms. The number of pyridine rings is 1. The third-order valence-corrected chi connectivity index (χ3v) is 5.98. The Hall–Kier alpha value is -2.02. The molecule has 24 heavy (non-hydrogen) atoms. The van der Waals surface area contributed by atoms with Crippen LogP contribution in [-0.2, 0) is 16.6 Å². The van der Waals surface area contributed by atoms with Crippen molar-refractivity contribution in [3.63, 3.8) is 0 Å². The van der Waals surface area contributed by atoms with Crippen molar-refractivity contribution in [3.8, 4) is 11.3 Å². The number of nitrogens with zero attached hydrogens (tertiary/aromatic N) is 1. The summed E-state index contributed by atoms with van der Waals surface area (Å²) in [5.41, 5.74) is 4.79. The van der Waals surface area contributed by atoms with Crippen LogP contribution < -0.4 is 4.72 Å². The molecule has 0 radical (unpaired) electrons. The highest BCUT2D eigenvalue weighted by molar-refractivity contribution is 7.89. The first-order valence-electron chi connectivity index (χ1n) is 7.50. The van der Waals surface area contributed by atoms with E-state index < -0.39 is 10.0 Å². The highest BCUT2D eigenvalue weighted by atomic mass is 32.2. The minimum absolute atomic E-state index is 0.231. The Morgan fingerprint density at radius 1 is 1.08 bits per heavy atom. The van der Waals surface area contributed by atoms with Gasteiger partial charge in [0.15, 0.2) is 0 Å². The lowest BCUT2D eigenvalue weighted by Crippen LogP contribution is -2.23. The average molecular weight is 358 g/mol. The second-order valence-corrected chi connectivity index (χ2v) is 8.18. The molecule has 0 unspecified atom stereocenters. The molecular formula is C18H18N2O2S2. The smallest absolute Gasteiger partial charge is 0.240 e. The zero-order valence-electron chi connectivity index (χ0n) is 13.5. The molecule has 0 aliphatic heterocycles. The monoisotopic (exact) mass is 358 g/mol. The van der Waals surface area contributed by atoms with Gasteiger partial charge in [0.2, 0.25) is 10.0 Å². The fraction of sp³-hybridized carbons (Fsp3) is 0.167. The predicted molar refractivity (Wildman–Crippen MR) is 97.5 cm³/mol. The van der Waals surface area contributed by atoms with Crippen LogP contribution in [0.15, 0.2) is 58.3 Å². The molecule has 0 bridgehead atoms. The number of hydrogen-bond acceptors (Lipinski definition) is 4. The number of aromatic nitrogens is 1. The molecule has 0 saturated carbocycles. The summed E-state index contributed by atoms with van der Waals surface area (Å²) in [6, 6.07) is 10.9. The number of sulfonamides is 1. The third-order valence-electron chi connectivity index (χ3n) is 3.90. The van der Waals surface area contributed by atoms with Crippen molar-refractivity contribution in [2.24, 2.45) is 0 Å². The van der Waals surface area contributed by atoms with E-state index in [1.165, 1.54) is 0 Å². The summed E-state index contributed by atoms with van der Waals surface area (Å²) in [5.74, 6) is 0. The van der Waals surface area contributed by atoms with Gasteiger partial charge in [-0.3, -0.25) is 4.98 Å². The summed E-state index contributed by atoms with van der Waals surface area (Å²) in [7, 11) is -3.53. The van der Waals surface area contributed by atoms with Crippen molar-refractivity contribution in [1.29, 1.82) is 0 Å². The van der Waals surface area contributed by atoms with Gasteiger partial charge in [-0.1, -0.05) is 6.07 Å². The Balaban J connectivity index is 1.77. The first-order valence-corrected chi connectivity index (χ1v) is 9.93. The first-order chi connectivity index (χ1) is 11.5. The molecule has 1 N–H and O–H groups in total. The molecule has 0 aliphatic rings. The van der Waals surface area contributed by atoms with Gasteiger partial charge in [-0.2, -0.15) is 11.3 Å². The van der Waals surface area contributed by atoms with Crippen molar-refractivity contribution in [2.75, 3.05) is 0 Å². The lowest BCUT2D eigenvalue weighted by Gasteiger charge is -2.09. The van der Waals surface area contributed by atoms with Gasteiger partial charge < -0.3 is 0 Å². The van der Waals surface area contributed by atoms with E-state index in [4.69, 9.17) is 0 Å². The van der Waals surface area contributed by atoms with Crippen molar-refractivity contribution in [3.05, 3.63) is 70.0 Å². The standard InChI is InChI=1S/C18H18N2O2S2/c1-13-3-4-17(9-14(13)2)24(21,22)20-11-15-5-7-19-18(10-15)16-6-8-23-12-16/h3-10,12,20H,11H2,1-2H3. The Kier molecular flexibility index (Phi) is 4.80. The lowest BCUT2D eigenvalue weighted by atomic mass is 10.1. The van der Waals surface area contributed by atoms with Crippen LogP contribution in [0, 0.1) is 13.8 Å². The first kappa shape index (κ1) is 16.8. The van der Waals surface area contributed by atoms with E-state index in [1.54, 1.807) is 29.7 Å². The number of aryl methyl sites for hydroxylation is 2. The van der Waals surface area contributed by atoms with Gasteiger partial charge >= 0.3 is 0 Å². The highest BCUT2D eigenvalue weighted by Crippen LogP contribution is 2.21. The molecule has 3 rings (SSSR count). The van der Waals surface area contributed by atoms with E-state index in [2.05, 4.69) is 9.71 Å². The SMILES string of the molecule is Cc1ccc(S(=O)(=O)NCc2ccnc(-c3ccsc3)c2)cc1C. The predicted octanol–water partition coefficient (Wildman–Crippen LogP) is 3.91. The summed E-state index contributed by atoms with van der Waals surface area (Å²) >= 11 is 1.61. The van der Waals surface area contributed by atoms with Gasteiger partial charge in [0.05, 0.1) is 10.6 Å². The molecule has 4 nitrogen and oxygen atoms in total. The average Bonchev–Trinajstić information content (AvgIpc) is 3.10. The highest BCUT2D eigenvalue weighted by Gasteiger charge is 2.14. The molecular weight excluding hydrogens is 340 g/mol. The van der Waals surface area contributed by atoms with Gasteiger partial charge in [0, 0.05) is 23.7 Å². The number of rotatable bonds is 5. The quantitative estimate of drug-likeness (QED) is 0.752. The largest absolute Gasteiger partial charge is 0.256 e. The molecule has 0 fully saturated rings. The van der Waals surface area contributed by atoms with E-state index in [-0.39, 0.29) is 11.4 Å². The molecule has 0 aliphatic carbocycles. The second kappa shape index (κ2) is 6.84. The maximum atomic E-state index is 12.5. The molecule has 6 heteroatoms. The summed E-state index contributed by atoms with van der Waals surface area (Å²) in [6.07, 6.45) is 1.70. The van der Waals surface area contributed by atoms with Crippen LogP contribution in [0.5, 0.6) is 0 Å². The number of thiophene rings is 1. The molecule has 0 saturated heterocycles. The van der Waals surface area contributed by atoms with Crippen molar-refractivity contribution < 1.29 is 8.42 Å². The van der Waals surface area contributed by atoms with Gasteiger partial charge in [0.25, 0.3) is 0 Å². The second-order valence-electron chi connectivity index (χ2n) is 5.63. The molecule has 0 atom stereocenters. The fourth-order valence-corrected chi connectivity index (χ4v) is 4.05. The minimum Gasteiger partial charge on any atom is -0.256 e. The summed E-state index contributed by atoms with van der Waals surface area (Å²) < 4.78 is 27.6. The van der Waals surface area contributed by atoms with E-state index >= 15 is 0 Å². The fourth-order valence-electron chi connectivity index (χ4n) is 2.30. The van der Waals surface area contributed by atoms with Crippen LogP contribution in [0.4, 0.5) is 0 Å². The molecule has 2 aromatic heterocycles. The van der Waals surface area contributed by atoms with Crippen molar-refractivity contribution >= 4 is 21.4 Å². The Bertz CT molecular complexity index is 949. The maximum absolute atomic E-state index is 12.5. The Labute approximate surface area is 146 Å². The van der Waals surface area contributed by atoms with Crippen molar-refractivity contribution in [2.45, 2.75) is 25.3 Å². The third kappa shape index (κ3) is 3.72. The summed E-state index contributed by atoms with van der Waals surface area (Å²) in [4.78, 5) is 4.62. The molecule has 1 aromatic carbocycles. The zero-order chi connectivity index (χ0) is 17.2. The van der Waals surface area contributed by atoms with Crippen LogP contribution >= 0.6 is 11.3 Å². The van der Waals surface area contributed by atoms with Crippen molar-refractivity contribution in [1.82, 2.24) is 9.71 Å². The van der Waals surface area contributed by atoms with Crippen LogP contribution in [0.1, 0.15) is 16.7 Å². The minimum atomic E-state index is -3.53. The normalized spacial score (nSPS) is 11.6. The number of benzene rings is 1. The molecule has 0 amide bonds. The molecule has 3 aromatic rings. The maximum Gasteiger partial charge on any atom is 0.240 e. The topological polar surface area (TPSA) is 59.1 Å². The van der Waals surface area contributed by atoms with E-state index in [0.29, 0.717) is 0 Å². The van der Waals surface area contributed by atoms with E-state index in [9.17, 15) is 8.42 Å². The Morgan fingerprint density at radius 3 is 2.62 bits per heavy atom. The van der Waals surface area contributed by atoms with Gasteiger partial charge in [0.1, 0.15) is 0 Å². The molecule has 124 valence electrons. The van der Waals surface area contributed by atoms with Crippen LogP contribution in [0.25, 0.3) is 11.3 Å².